The Morgan fingerprint density at radius 3 is 2.65 bits per heavy atom. The fourth-order valence-corrected chi connectivity index (χ4v) is 3.06. The van der Waals surface area contributed by atoms with Gasteiger partial charge in [-0.15, -0.1) is 0 Å². The van der Waals surface area contributed by atoms with Crippen LogP contribution in [0.4, 0.5) is 5.69 Å². The lowest BCUT2D eigenvalue weighted by Gasteiger charge is -2.07. The van der Waals surface area contributed by atoms with Gasteiger partial charge in [0.2, 0.25) is 5.91 Å². The summed E-state index contributed by atoms with van der Waals surface area (Å²) in [6.45, 7) is 3.89. The van der Waals surface area contributed by atoms with Crippen molar-refractivity contribution in [3.63, 3.8) is 0 Å². The minimum absolute atomic E-state index is 0.0916. The zero-order valence-electron chi connectivity index (χ0n) is 12.7. The van der Waals surface area contributed by atoms with E-state index in [9.17, 15) is 4.79 Å². The van der Waals surface area contributed by atoms with E-state index in [0.29, 0.717) is 5.02 Å². The molecular weight excluding hydrogens is 378 g/mol. The topological polar surface area (TPSA) is 42.2 Å². The summed E-state index contributed by atoms with van der Waals surface area (Å²) in [5.41, 5.74) is 4.28. The summed E-state index contributed by atoms with van der Waals surface area (Å²) in [6, 6.07) is 9.37. The molecule has 0 spiro atoms. The van der Waals surface area contributed by atoms with Crippen LogP contribution < -0.4 is 5.32 Å². The number of furan rings is 1. The maximum absolute atomic E-state index is 12.3. The molecule has 0 bridgehead atoms. The molecule has 0 aliphatic carbocycles. The SMILES string of the molecule is Cc1cc2occ(CC(=O)Nc3ccc(Br)cc3)c2c(C)c1Cl. The highest BCUT2D eigenvalue weighted by Crippen LogP contribution is 2.32. The Hall–Kier alpha value is -1.78. The zero-order chi connectivity index (χ0) is 16.6. The third-order valence-electron chi connectivity index (χ3n) is 3.77. The summed E-state index contributed by atoms with van der Waals surface area (Å²) in [4.78, 5) is 12.3. The number of hydrogen-bond donors (Lipinski definition) is 1. The lowest BCUT2D eigenvalue weighted by Crippen LogP contribution is -2.14. The van der Waals surface area contributed by atoms with Crippen molar-refractivity contribution in [1.29, 1.82) is 0 Å². The molecule has 1 N–H and O–H groups in total. The average molecular weight is 393 g/mol. The average Bonchev–Trinajstić information content (AvgIpc) is 2.90. The number of aryl methyl sites for hydroxylation is 2. The molecule has 0 aliphatic heterocycles. The minimum Gasteiger partial charge on any atom is -0.464 e. The van der Waals surface area contributed by atoms with Crippen molar-refractivity contribution >= 4 is 50.1 Å². The van der Waals surface area contributed by atoms with Crippen molar-refractivity contribution in [3.8, 4) is 0 Å². The second kappa shape index (κ2) is 6.38. The molecule has 0 radical (unpaired) electrons. The predicted molar refractivity (Wildman–Crippen MR) is 97.2 cm³/mol. The second-order valence-corrected chi connectivity index (χ2v) is 6.79. The van der Waals surface area contributed by atoms with Crippen molar-refractivity contribution in [3.05, 3.63) is 62.8 Å². The molecule has 3 rings (SSSR count). The predicted octanol–water partition coefficient (Wildman–Crippen LogP) is 5.65. The first kappa shape index (κ1) is 16.1. The highest BCUT2D eigenvalue weighted by Gasteiger charge is 2.15. The van der Waals surface area contributed by atoms with Crippen LogP contribution in [0.1, 0.15) is 16.7 Å². The van der Waals surface area contributed by atoms with Crippen molar-refractivity contribution in [2.45, 2.75) is 20.3 Å². The summed E-state index contributed by atoms with van der Waals surface area (Å²) in [7, 11) is 0. The maximum atomic E-state index is 12.3. The van der Waals surface area contributed by atoms with E-state index >= 15 is 0 Å². The number of fused-ring (bicyclic) bond motifs is 1. The van der Waals surface area contributed by atoms with Crippen molar-refractivity contribution in [2.24, 2.45) is 0 Å². The first-order chi connectivity index (χ1) is 11.0. The van der Waals surface area contributed by atoms with Crippen LogP contribution in [-0.4, -0.2) is 5.91 Å². The number of anilines is 1. The normalized spacial score (nSPS) is 11.0. The van der Waals surface area contributed by atoms with Crippen LogP contribution in [0.2, 0.25) is 5.02 Å². The Kier molecular flexibility index (Phi) is 4.46. The third-order valence-corrected chi connectivity index (χ3v) is 4.88. The van der Waals surface area contributed by atoms with Gasteiger partial charge in [-0.3, -0.25) is 4.79 Å². The van der Waals surface area contributed by atoms with E-state index in [0.717, 1.165) is 37.8 Å². The van der Waals surface area contributed by atoms with Crippen LogP contribution in [0.3, 0.4) is 0 Å². The molecule has 23 heavy (non-hydrogen) atoms. The number of carbonyl (C=O) groups excluding carboxylic acids is 1. The summed E-state index contributed by atoms with van der Waals surface area (Å²) < 4.78 is 6.56. The number of carbonyl (C=O) groups is 1. The molecule has 5 heteroatoms. The molecule has 0 saturated carbocycles. The molecule has 3 aromatic rings. The summed E-state index contributed by atoms with van der Waals surface area (Å²) in [5.74, 6) is -0.0916. The van der Waals surface area contributed by atoms with Crippen LogP contribution in [0, 0.1) is 13.8 Å². The molecular formula is C18H15BrClNO2. The summed E-state index contributed by atoms with van der Waals surface area (Å²) in [6.07, 6.45) is 1.87. The van der Waals surface area contributed by atoms with E-state index in [1.807, 2.05) is 44.2 Å². The van der Waals surface area contributed by atoms with Crippen LogP contribution in [-0.2, 0) is 11.2 Å². The van der Waals surface area contributed by atoms with E-state index in [1.165, 1.54) is 0 Å². The first-order valence-electron chi connectivity index (χ1n) is 7.17. The molecule has 1 aromatic heterocycles. The molecule has 0 fully saturated rings. The van der Waals surface area contributed by atoms with E-state index in [1.54, 1.807) is 6.26 Å². The van der Waals surface area contributed by atoms with Crippen LogP contribution >= 0.6 is 27.5 Å². The molecule has 1 heterocycles. The molecule has 2 aromatic carbocycles. The van der Waals surface area contributed by atoms with Gasteiger partial charge < -0.3 is 9.73 Å². The van der Waals surface area contributed by atoms with Gasteiger partial charge >= 0.3 is 0 Å². The summed E-state index contributed by atoms with van der Waals surface area (Å²) in [5, 5.41) is 4.52. The van der Waals surface area contributed by atoms with Gasteiger partial charge in [-0.05, 0) is 55.3 Å². The quantitative estimate of drug-likeness (QED) is 0.626. The third kappa shape index (κ3) is 3.28. The van der Waals surface area contributed by atoms with Crippen LogP contribution in [0.25, 0.3) is 11.0 Å². The van der Waals surface area contributed by atoms with E-state index in [2.05, 4.69) is 21.2 Å². The fourth-order valence-electron chi connectivity index (χ4n) is 2.65. The number of nitrogens with one attached hydrogen (secondary N) is 1. The first-order valence-corrected chi connectivity index (χ1v) is 8.34. The van der Waals surface area contributed by atoms with E-state index in [4.69, 9.17) is 16.0 Å². The van der Waals surface area contributed by atoms with Crippen molar-refractivity contribution < 1.29 is 9.21 Å². The molecule has 1 amide bonds. The zero-order valence-corrected chi connectivity index (χ0v) is 15.1. The molecule has 118 valence electrons. The monoisotopic (exact) mass is 391 g/mol. The number of amides is 1. The van der Waals surface area contributed by atoms with E-state index in [-0.39, 0.29) is 12.3 Å². The second-order valence-electron chi connectivity index (χ2n) is 5.50. The Labute approximate surface area is 147 Å². The molecule has 0 saturated heterocycles. The lowest BCUT2D eigenvalue weighted by molar-refractivity contribution is -0.115. The van der Waals surface area contributed by atoms with Crippen LogP contribution in [0.15, 0.2) is 45.5 Å². The molecule has 3 nitrogen and oxygen atoms in total. The van der Waals surface area contributed by atoms with Gasteiger partial charge in [0, 0.05) is 26.1 Å². The number of rotatable bonds is 3. The Morgan fingerprint density at radius 1 is 1.26 bits per heavy atom. The highest BCUT2D eigenvalue weighted by molar-refractivity contribution is 9.10. The fraction of sp³-hybridized carbons (Fsp3) is 0.167. The Morgan fingerprint density at radius 2 is 1.96 bits per heavy atom. The number of hydrogen-bond acceptors (Lipinski definition) is 2. The van der Waals surface area contributed by atoms with E-state index < -0.39 is 0 Å². The highest BCUT2D eigenvalue weighted by atomic mass is 79.9. The van der Waals surface area contributed by atoms with Gasteiger partial charge in [0.05, 0.1) is 12.7 Å². The van der Waals surface area contributed by atoms with Gasteiger partial charge in [0.15, 0.2) is 0 Å². The van der Waals surface area contributed by atoms with Gasteiger partial charge in [-0.25, -0.2) is 0 Å². The maximum Gasteiger partial charge on any atom is 0.228 e. The molecule has 0 aliphatic rings. The molecule has 0 unspecified atom stereocenters. The van der Waals surface area contributed by atoms with Crippen molar-refractivity contribution in [2.75, 3.05) is 5.32 Å². The van der Waals surface area contributed by atoms with Crippen molar-refractivity contribution in [1.82, 2.24) is 0 Å². The van der Waals surface area contributed by atoms with Gasteiger partial charge in [0.1, 0.15) is 5.58 Å². The Bertz CT molecular complexity index is 884. The van der Waals surface area contributed by atoms with Gasteiger partial charge in [-0.2, -0.15) is 0 Å². The lowest BCUT2D eigenvalue weighted by atomic mass is 10.0. The number of halogens is 2. The standard InChI is InChI=1S/C18H15BrClNO2/c1-10-7-15-17(11(2)18(10)20)12(9-23-15)8-16(22)21-14-5-3-13(19)4-6-14/h3-7,9H,8H2,1-2H3,(H,21,22). The summed E-state index contributed by atoms with van der Waals surface area (Å²) >= 11 is 9.69. The van der Waals surface area contributed by atoms with Gasteiger partial charge in [-0.1, -0.05) is 27.5 Å². The smallest absolute Gasteiger partial charge is 0.228 e. The molecule has 0 atom stereocenters. The minimum atomic E-state index is -0.0916. The van der Waals surface area contributed by atoms with Gasteiger partial charge in [0.25, 0.3) is 0 Å². The Balaban J connectivity index is 1.85. The van der Waals surface area contributed by atoms with Crippen LogP contribution in [0.5, 0.6) is 0 Å². The number of benzene rings is 2. The largest absolute Gasteiger partial charge is 0.464 e.